The van der Waals surface area contributed by atoms with Crippen molar-refractivity contribution in [1.82, 2.24) is 4.90 Å². The third-order valence-electron chi connectivity index (χ3n) is 6.90. The number of fused-ring (bicyclic) bond motifs is 1. The van der Waals surface area contributed by atoms with Crippen LogP contribution in [0.3, 0.4) is 0 Å². The third kappa shape index (κ3) is 3.66. The van der Waals surface area contributed by atoms with Crippen molar-refractivity contribution in [3.63, 3.8) is 0 Å². The van der Waals surface area contributed by atoms with Gasteiger partial charge in [-0.15, -0.1) is 4.91 Å². The highest BCUT2D eigenvalue weighted by Gasteiger charge is 2.49. The second-order valence-electron chi connectivity index (χ2n) is 8.50. The molecule has 2 aliphatic rings. The van der Waals surface area contributed by atoms with Crippen molar-refractivity contribution in [2.75, 3.05) is 27.8 Å². The summed E-state index contributed by atoms with van der Waals surface area (Å²) in [6, 6.07) is 11.3. The van der Waals surface area contributed by atoms with Crippen molar-refractivity contribution in [1.29, 1.82) is 0 Å². The Balaban J connectivity index is 1.63. The monoisotopic (exact) mass is 436 g/mol. The number of carbonyl (C=O) groups excluding carboxylic acids is 1. The van der Waals surface area contributed by atoms with Gasteiger partial charge < -0.3 is 19.1 Å². The first-order valence-electron chi connectivity index (χ1n) is 10.7. The van der Waals surface area contributed by atoms with Crippen LogP contribution in [-0.2, 0) is 10.2 Å². The molecular formula is C25H28N2O5. The Bertz CT molecular complexity index is 1080. The van der Waals surface area contributed by atoms with Crippen LogP contribution in [0.4, 0.5) is 5.69 Å². The predicted molar refractivity (Wildman–Crippen MR) is 122 cm³/mol. The minimum absolute atomic E-state index is 0.0949. The van der Waals surface area contributed by atoms with E-state index in [2.05, 4.69) is 29.3 Å². The standard InChI is InChI=1S/C25H28N2O5/c1-16-6-5-7-19(26-29)23(16)24(28)32-18-10-11-25(12-13-27(2)22(25)15-18)17-8-9-20(30-3)21(14-17)31-4/h5-10,14,22H,11-13,15H2,1-4H3/t22-,25-/m0/s1. The molecule has 32 heavy (non-hydrogen) atoms. The number of likely N-dealkylation sites (N-methyl/N-ethyl adjacent to an activating group) is 1. The van der Waals surface area contributed by atoms with E-state index in [4.69, 9.17) is 14.2 Å². The van der Waals surface area contributed by atoms with Crippen LogP contribution in [0.1, 0.15) is 40.7 Å². The Kier molecular flexibility index (Phi) is 6.02. The van der Waals surface area contributed by atoms with Gasteiger partial charge in [-0.25, -0.2) is 4.79 Å². The molecule has 0 N–H and O–H groups in total. The molecular weight excluding hydrogens is 408 g/mol. The molecule has 1 aliphatic heterocycles. The molecule has 2 aromatic rings. The number of nitrogens with zero attached hydrogens (tertiary/aromatic N) is 2. The molecule has 1 fully saturated rings. The average molecular weight is 437 g/mol. The Morgan fingerprint density at radius 1 is 1.16 bits per heavy atom. The summed E-state index contributed by atoms with van der Waals surface area (Å²) < 4.78 is 16.7. The molecule has 1 saturated heterocycles. The van der Waals surface area contributed by atoms with Crippen molar-refractivity contribution in [3.8, 4) is 11.5 Å². The van der Waals surface area contributed by atoms with Gasteiger partial charge >= 0.3 is 5.97 Å². The Morgan fingerprint density at radius 2 is 1.94 bits per heavy atom. The molecule has 168 valence electrons. The van der Waals surface area contributed by atoms with Crippen LogP contribution in [0.15, 0.2) is 53.4 Å². The third-order valence-corrected chi connectivity index (χ3v) is 6.90. The summed E-state index contributed by atoms with van der Waals surface area (Å²) in [5.74, 6) is 1.50. The maximum Gasteiger partial charge on any atom is 0.345 e. The second kappa shape index (κ2) is 8.74. The van der Waals surface area contributed by atoms with E-state index >= 15 is 0 Å². The Morgan fingerprint density at radius 3 is 2.66 bits per heavy atom. The molecule has 0 aromatic heterocycles. The lowest BCUT2D eigenvalue weighted by molar-refractivity contribution is 0.0580. The van der Waals surface area contributed by atoms with E-state index < -0.39 is 5.97 Å². The van der Waals surface area contributed by atoms with E-state index in [1.54, 1.807) is 33.3 Å². The van der Waals surface area contributed by atoms with Crippen molar-refractivity contribution >= 4 is 11.7 Å². The smallest absolute Gasteiger partial charge is 0.345 e. The lowest BCUT2D eigenvalue weighted by Crippen LogP contribution is -2.43. The quantitative estimate of drug-likeness (QED) is 0.474. The average Bonchev–Trinajstić information content (AvgIpc) is 3.15. The number of ether oxygens (including phenoxy) is 3. The number of hydrogen-bond acceptors (Lipinski definition) is 7. The van der Waals surface area contributed by atoms with Crippen LogP contribution in [-0.4, -0.2) is 44.7 Å². The summed E-state index contributed by atoms with van der Waals surface area (Å²) in [5.41, 5.74) is 2.09. The number of esters is 1. The van der Waals surface area contributed by atoms with E-state index in [-0.39, 0.29) is 22.7 Å². The molecule has 1 heterocycles. The number of likely N-dealkylation sites (tertiary alicyclic amines) is 1. The molecule has 0 bridgehead atoms. The minimum atomic E-state index is -0.539. The Hall–Kier alpha value is -3.19. The minimum Gasteiger partial charge on any atom is -0.493 e. The van der Waals surface area contributed by atoms with E-state index in [1.165, 1.54) is 11.6 Å². The molecule has 2 aromatic carbocycles. The summed E-state index contributed by atoms with van der Waals surface area (Å²) in [5, 5.41) is 2.99. The number of hydrogen-bond donors (Lipinski definition) is 0. The lowest BCUT2D eigenvalue weighted by Gasteiger charge is -2.40. The highest BCUT2D eigenvalue weighted by molar-refractivity contribution is 5.97. The van der Waals surface area contributed by atoms with Gasteiger partial charge in [0.1, 0.15) is 11.4 Å². The topological polar surface area (TPSA) is 77.4 Å². The maximum atomic E-state index is 12.9. The SMILES string of the molecule is COc1ccc([C@@]23CC=C(OC(=O)c4c(C)cccc4N=O)C[C@@H]2N(C)CC3)cc1OC. The lowest BCUT2D eigenvalue weighted by atomic mass is 9.68. The zero-order chi connectivity index (χ0) is 22.9. The highest BCUT2D eigenvalue weighted by Crippen LogP contribution is 2.49. The first kappa shape index (κ1) is 22.0. The van der Waals surface area contributed by atoms with Gasteiger partial charge in [-0.1, -0.05) is 18.2 Å². The zero-order valence-corrected chi connectivity index (χ0v) is 18.9. The van der Waals surface area contributed by atoms with Gasteiger partial charge in [0.2, 0.25) is 0 Å². The summed E-state index contributed by atoms with van der Waals surface area (Å²) in [6.45, 7) is 2.72. The number of carbonyl (C=O) groups is 1. The van der Waals surface area contributed by atoms with Crippen molar-refractivity contribution in [3.05, 3.63) is 69.8 Å². The molecule has 1 aliphatic carbocycles. The zero-order valence-electron chi connectivity index (χ0n) is 18.9. The summed E-state index contributed by atoms with van der Waals surface area (Å²) >= 11 is 0. The van der Waals surface area contributed by atoms with Crippen LogP contribution < -0.4 is 9.47 Å². The van der Waals surface area contributed by atoms with E-state index in [1.807, 2.05) is 12.1 Å². The number of aryl methyl sites for hydroxylation is 1. The summed E-state index contributed by atoms with van der Waals surface area (Å²) in [7, 11) is 5.38. The molecule has 0 saturated carbocycles. The van der Waals surface area contributed by atoms with Crippen LogP contribution in [0, 0.1) is 11.8 Å². The molecule has 0 spiro atoms. The normalized spacial score (nSPS) is 22.6. The van der Waals surface area contributed by atoms with Crippen molar-refractivity contribution in [2.24, 2.45) is 5.18 Å². The summed E-state index contributed by atoms with van der Waals surface area (Å²) in [4.78, 5) is 26.4. The van der Waals surface area contributed by atoms with Gasteiger partial charge in [-0.05, 0) is 73.9 Å². The molecule has 0 radical (unpaired) electrons. The van der Waals surface area contributed by atoms with Gasteiger partial charge in [0, 0.05) is 17.9 Å². The highest BCUT2D eigenvalue weighted by atomic mass is 16.5. The summed E-state index contributed by atoms with van der Waals surface area (Å²) in [6.07, 6.45) is 4.36. The fourth-order valence-electron chi connectivity index (χ4n) is 5.13. The number of methoxy groups -OCH3 is 2. The predicted octanol–water partition coefficient (Wildman–Crippen LogP) is 4.89. The Labute approximate surface area is 187 Å². The molecule has 0 unspecified atom stereocenters. The van der Waals surface area contributed by atoms with Crippen LogP contribution in [0.2, 0.25) is 0 Å². The van der Waals surface area contributed by atoms with Gasteiger partial charge in [0.15, 0.2) is 11.5 Å². The second-order valence-corrected chi connectivity index (χ2v) is 8.50. The van der Waals surface area contributed by atoms with E-state index in [0.29, 0.717) is 29.2 Å². The van der Waals surface area contributed by atoms with Crippen molar-refractivity contribution in [2.45, 2.75) is 37.6 Å². The van der Waals surface area contributed by atoms with Crippen LogP contribution in [0.25, 0.3) is 0 Å². The van der Waals surface area contributed by atoms with Gasteiger partial charge in [-0.3, -0.25) is 0 Å². The fourth-order valence-corrected chi connectivity index (χ4v) is 5.13. The van der Waals surface area contributed by atoms with Gasteiger partial charge in [0.25, 0.3) is 0 Å². The van der Waals surface area contributed by atoms with Gasteiger partial charge in [-0.2, -0.15) is 0 Å². The number of nitroso groups, excluding NO2 is 1. The maximum absolute atomic E-state index is 12.9. The van der Waals surface area contributed by atoms with E-state index in [0.717, 1.165) is 19.4 Å². The number of benzene rings is 2. The first-order chi connectivity index (χ1) is 15.4. The fraction of sp³-hybridized carbons (Fsp3) is 0.400. The molecule has 2 atom stereocenters. The molecule has 7 nitrogen and oxygen atoms in total. The number of rotatable bonds is 6. The van der Waals surface area contributed by atoms with Gasteiger partial charge in [0.05, 0.1) is 19.8 Å². The van der Waals surface area contributed by atoms with Crippen LogP contribution in [0.5, 0.6) is 11.5 Å². The molecule has 4 rings (SSSR count). The van der Waals surface area contributed by atoms with E-state index in [9.17, 15) is 9.70 Å². The largest absolute Gasteiger partial charge is 0.493 e. The molecule has 7 heteroatoms. The van der Waals surface area contributed by atoms with Crippen LogP contribution >= 0.6 is 0 Å². The first-order valence-corrected chi connectivity index (χ1v) is 10.7. The number of allylic oxidation sites excluding steroid dienone is 1. The molecule has 0 amide bonds. The van der Waals surface area contributed by atoms with Crippen molar-refractivity contribution < 1.29 is 19.0 Å².